The molecule has 5 nitrogen and oxygen atoms in total. The van der Waals surface area contributed by atoms with Gasteiger partial charge in [0.2, 0.25) is 0 Å². The van der Waals surface area contributed by atoms with Crippen LogP contribution in [0.2, 0.25) is 0 Å². The molecule has 0 aliphatic carbocycles. The summed E-state index contributed by atoms with van der Waals surface area (Å²) in [4.78, 5) is 10.6. The summed E-state index contributed by atoms with van der Waals surface area (Å²) in [6.07, 6.45) is 0. The van der Waals surface area contributed by atoms with Crippen molar-refractivity contribution >= 4 is 18.1 Å². The molecule has 0 fully saturated rings. The number of benzene rings is 2. The Morgan fingerprint density at radius 1 is 1.27 bits per heavy atom. The Labute approximate surface area is 134 Å². The highest BCUT2D eigenvalue weighted by Crippen LogP contribution is 2.37. The average molecular weight is 321 g/mol. The number of nitrogens with one attached hydrogen (secondary N) is 1. The standard InChI is InChI=1S/C16H16N2O3.ClH/c1-21-15-7-3-5-12-9-17-10-14(16(12)15)11-4-2-6-13(8-11)18(19)20;/h2-8,14,17H,9-10H2,1H3;1H. The lowest BCUT2D eigenvalue weighted by Gasteiger charge is -2.28. The first kappa shape index (κ1) is 16.3. The first-order valence-corrected chi connectivity index (χ1v) is 6.81. The average Bonchev–Trinajstić information content (AvgIpc) is 2.53. The predicted molar refractivity (Wildman–Crippen MR) is 86.9 cm³/mol. The predicted octanol–water partition coefficient (Wildman–Crippen LogP) is 3.26. The highest BCUT2D eigenvalue weighted by Gasteiger charge is 2.26. The number of hydrogen-bond acceptors (Lipinski definition) is 4. The van der Waals surface area contributed by atoms with Crippen LogP contribution in [0.15, 0.2) is 42.5 Å². The zero-order valence-corrected chi connectivity index (χ0v) is 12.9. The zero-order chi connectivity index (χ0) is 14.8. The Morgan fingerprint density at radius 2 is 2.05 bits per heavy atom. The maximum Gasteiger partial charge on any atom is 0.269 e. The van der Waals surface area contributed by atoms with Gasteiger partial charge in [0.05, 0.1) is 12.0 Å². The molecule has 0 amide bonds. The monoisotopic (exact) mass is 320 g/mol. The SMILES string of the molecule is COc1cccc2c1C(c1cccc([N+](=O)[O-])c1)CNC2.Cl. The van der Waals surface area contributed by atoms with Crippen molar-refractivity contribution in [2.75, 3.05) is 13.7 Å². The molecule has 6 heteroatoms. The zero-order valence-electron chi connectivity index (χ0n) is 12.1. The van der Waals surface area contributed by atoms with Gasteiger partial charge in [-0.15, -0.1) is 12.4 Å². The molecule has 1 atom stereocenters. The summed E-state index contributed by atoms with van der Waals surface area (Å²) in [6, 6.07) is 12.8. The van der Waals surface area contributed by atoms with Crippen LogP contribution in [0.1, 0.15) is 22.6 Å². The fraction of sp³-hybridized carbons (Fsp3) is 0.250. The molecule has 1 aliphatic rings. The van der Waals surface area contributed by atoms with E-state index in [0.29, 0.717) is 0 Å². The number of nitrogens with zero attached hydrogens (tertiary/aromatic N) is 1. The van der Waals surface area contributed by atoms with E-state index in [1.165, 1.54) is 11.6 Å². The number of ether oxygens (including phenoxy) is 1. The van der Waals surface area contributed by atoms with Crippen molar-refractivity contribution < 1.29 is 9.66 Å². The van der Waals surface area contributed by atoms with Gasteiger partial charge in [-0.05, 0) is 17.2 Å². The Balaban J connectivity index is 0.00000176. The summed E-state index contributed by atoms with van der Waals surface area (Å²) in [5.41, 5.74) is 3.35. The lowest BCUT2D eigenvalue weighted by Crippen LogP contribution is -2.29. The highest BCUT2D eigenvalue weighted by atomic mass is 35.5. The molecule has 0 radical (unpaired) electrons. The van der Waals surface area contributed by atoms with E-state index < -0.39 is 0 Å². The topological polar surface area (TPSA) is 64.4 Å². The number of methoxy groups -OCH3 is 1. The minimum absolute atomic E-state index is 0. The quantitative estimate of drug-likeness (QED) is 0.696. The van der Waals surface area contributed by atoms with Crippen molar-refractivity contribution in [2.24, 2.45) is 0 Å². The molecule has 1 unspecified atom stereocenters. The number of hydrogen-bond donors (Lipinski definition) is 1. The molecule has 0 spiro atoms. The molecular weight excluding hydrogens is 304 g/mol. The number of fused-ring (bicyclic) bond motifs is 1. The smallest absolute Gasteiger partial charge is 0.269 e. The number of nitro benzene ring substituents is 1. The van der Waals surface area contributed by atoms with Crippen LogP contribution in [0.5, 0.6) is 5.75 Å². The number of halogens is 1. The molecule has 1 N–H and O–H groups in total. The fourth-order valence-corrected chi connectivity index (χ4v) is 2.91. The Bertz CT molecular complexity index is 677. The fourth-order valence-electron chi connectivity index (χ4n) is 2.91. The third-order valence-electron chi connectivity index (χ3n) is 3.87. The molecule has 22 heavy (non-hydrogen) atoms. The second kappa shape index (κ2) is 6.77. The summed E-state index contributed by atoms with van der Waals surface area (Å²) in [6.45, 7) is 1.53. The maximum absolute atomic E-state index is 11.0. The van der Waals surface area contributed by atoms with E-state index in [0.717, 1.165) is 30.0 Å². The molecule has 0 bridgehead atoms. The van der Waals surface area contributed by atoms with E-state index in [2.05, 4.69) is 11.4 Å². The first-order valence-electron chi connectivity index (χ1n) is 6.81. The molecule has 3 rings (SSSR count). The van der Waals surface area contributed by atoms with Crippen molar-refractivity contribution in [1.82, 2.24) is 5.32 Å². The van der Waals surface area contributed by atoms with Gasteiger partial charge < -0.3 is 10.1 Å². The van der Waals surface area contributed by atoms with Gasteiger partial charge in [-0.3, -0.25) is 10.1 Å². The number of rotatable bonds is 3. The summed E-state index contributed by atoms with van der Waals surface area (Å²) in [5, 5.41) is 14.3. The van der Waals surface area contributed by atoms with Gasteiger partial charge in [-0.1, -0.05) is 24.3 Å². The minimum atomic E-state index is -0.358. The molecule has 0 saturated heterocycles. The lowest BCUT2D eigenvalue weighted by atomic mass is 9.84. The van der Waals surface area contributed by atoms with Crippen LogP contribution in [-0.2, 0) is 6.54 Å². The van der Waals surface area contributed by atoms with Crippen LogP contribution in [0, 0.1) is 10.1 Å². The molecule has 116 valence electrons. The van der Waals surface area contributed by atoms with E-state index in [1.54, 1.807) is 19.2 Å². The summed E-state index contributed by atoms with van der Waals surface area (Å²) < 4.78 is 5.48. The second-order valence-electron chi connectivity index (χ2n) is 5.07. The van der Waals surface area contributed by atoms with Crippen LogP contribution in [-0.4, -0.2) is 18.6 Å². The van der Waals surface area contributed by atoms with E-state index in [9.17, 15) is 10.1 Å². The molecular formula is C16H17ClN2O3. The van der Waals surface area contributed by atoms with Crippen LogP contribution in [0.4, 0.5) is 5.69 Å². The maximum atomic E-state index is 11.0. The van der Waals surface area contributed by atoms with E-state index in [1.807, 2.05) is 18.2 Å². The van der Waals surface area contributed by atoms with Crippen molar-refractivity contribution in [3.63, 3.8) is 0 Å². The molecule has 2 aromatic rings. The van der Waals surface area contributed by atoms with Crippen LogP contribution < -0.4 is 10.1 Å². The van der Waals surface area contributed by atoms with Crippen LogP contribution >= 0.6 is 12.4 Å². The Hall–Kier alpha value is -2.11. The minimum Gasteiger partial charge on any atom is -0.496 e. The summed E-state index contributed by atoms with van der Waals surface area (Å²) in [5.74, 6) is 0.898. The molecule has 0 saturated carbocycles. The molecule has 2 aromatic carbocycles. The van der Waals surface area contributed by atoms with Crippen LogP contribution in [0.25, 0.3) is 0 Å². The van der Waals surface area contributed by atoms with Crippen LogP contribution in [0.3, 0.4) is 0 Å². The van der Waals surface area contributed by atoms with Crippen molar-refractivity contribution in [1.29, 1.82) is 0 Å². The first-order chi connectivity index (χ1) is 10.2. The van der Waals surface area contributed by atoms with Crippen molar-refractivity contribution in [3.8, 4) is 5.75 Å². The van der Waals surface area contributed by atoms with Crippen molar-refractivity contribution in [2.45, 2.75) is 12.5 Å². The van der Waals surface area contributed by atoms with E-state index >= 15 is 0 Å². The van der Waals surface area contributed by atoms with Gasteiger partial charge in [0.15, 0.2) is 0 Å². The van der Waals surface area contributed by atoms with Gasteiger partial charge in [0.1, 0.15) is 5.75 Å². The van der Waals surface area contributed by atoms with E-state index in [4.69, 9.17) is 4.74 Å². The number of non-ortho nitro benzene ring substituents is 1. The third-order valence-corrected chi connectivity index (χ3v) is 3.87. The van der Waals surface area contributed by atoms with Crippen molar-refractivity contribution in [3.05, 3.63) is 69.3 Å². The summed E-state index contributed by atoms with van der Waals surface area (Å²) >= 11 is 0. The Morgan fingerprint density at radius 3 is 2.77 bits per heavy atom. The van der Waals surface area contributed by atoms with E-state index in [-0.39, 0.29) is 28.9 Å². The lowest BCUT2D eigenvalue weighted by molar-refractivity contribution is -0.384. The molecule has 1 heterocycles. The number of nitro groups is 1. The third kappa shape index (κ3) is 2.91. The van der Waals surface area contributed by atoms with Gasteiger partial charge in [0, 0.05) is 36.7 Å². The Kier molecular flexibility index (Phi) is 5.00. The largest absolute Gasteiger partial charge is 0.496 e. The van der Waals surface area contributed by atoms with Gasteiger partial charge >= 0.3 is 0 Å². The summed E-state index contributed by atoms with van der Waals surface area (Å²) in [7, 11) is 1.65. The van der Waals surface area contributed by atoms with Gasteiger partial charge in [-0.25, -0.2) is 0 Å². The van der Waals surface area contributed by atoms with Gasteiger partial charge in [0.25, 0.3) is 5.69 Å². The normalized spacial score (nSPS) is 16.3. The molecule has 0 aromatic heterocycles. The second-order valence-corrected chi connectivity index (χ2v) is 5.07. The molecule has 1 aliphatic heterocycles. The van der Waals surface area contributed by atoms with Gasteiger partial charge in [-0.2, -0.15) is 0 Å². The highest BCUT2D eigenvalue weighted by molar-refractivity contribution is 5.85.